The molecule has 8 heteroatoms. The van der Waals surface area contributed by atoms with Gasteiger partial charge in [0.15, 0.2) is 0 Å². The Hall–Kier alpha value is -1.83. The third-order valence-electron chi connectivity index (χ3n) is 3.43. The van der Waals surface area contributed by atoms with E-state index in [4.69, 9.17) is 10.8 Å². The quantitative estimate of drug-likeness (QED) is 0.513. The monoisotopic (exact) mass is 286 g/mol. The zero-order valence-electron chi connectivity index (χ0n) is 11.8. The number of likely N-dealkylation sites (tertiary alicyclic amines) is 1. The molecule has 2 unspecified atom stereocenters. The maximum absolute atomic E-state index is 11.8. The van der Waals surface area contributed by atoms with E-state index in [1.165, 1.54) is 0 Å². The zero-order valence-corrected chi connectivity index (χ0v) is 11.8. The van der Waals surface area contributed by atoms with Gasteiger partial charge in [-0.15, -0.1) is 0 Å². The Labute approximate surface area is 117 Å². The van der Waals surface area contributed by atoms with E-state index >= 15 is 0 Å². The van der Waals surface area contributed by atoms with Crippen molar-refractivity contribution in [2.24, 2.45) is 11.7 Å². The second-order valence-electron chi connectivity index (χ2n) is 5.31. The first-order chi connectivity index (χ1) is 9.29. The van der Waals surface area contributed by atoms with Crippen LogP contribution in [0.15, 0.2) is 0 Å². The molecule has 1 saturated heterocycles. The average Bonchev–Trinajstić information content (AvgIpc) is 2.31. The standard InChI is InChI=1S/C12H22N4O4/c1-7-6-16(2)4-3-8(7)14-12(20)15-9(11(18)19)5-10(13)17/h7-9H,3-6H2,1-2H3,(H2,13,17)(H,18,19)(H2,14,15,20)/t7?,8?,9-/m1/s1. The van der Waals surface area contributed by atoms with Gasteiger partial charge in [-0.1, -0.05) is 6.92 Å². The molecule has 0 aromatic rings. The maximum Gasteiger partial charge on any atom is 0.326 e. The fourth-order valence-corrected chi connectivity index (χ4v) is 2.34. The molecule has 114 valence electrons. The van der Waals surface area contributed by atoms with E-state index in [9.17, 15) is 14.4 Å². The van der Waals surface area contributed by atoms with Crippen LogP contribution in [0.3, 0.4) is 0 Å². The number of nitrogens with zero attached hydrogens (tertiary/aromatic N) is 1. The number of carboxylic acid groups (broad SMARTS) is 1. The number of primary amides is 1. The molecule has 1 rings (SSSR count). The molecule has 20 heavy (non-hydrogen) atoms. The molecular weight excluding hydrogens is 264 g/mol. The van der Waals surface area contributed by atoms with E-state index in [-0.39, 0.29) is 12.0 Å². The van der Waals surface area contributed by atoms with E-state index in [1.807, 2.05) is 14.0 Å². The van der Waals surface area contributed by atoms with Crippen molar-refractivity contribution in [3.8, 4) is 0 Å². The molecule has 1 fully saturated rings. The van der Waals surface area contributed by atoms with E-state index in [2.05, 4.69) is 15.5 Å². The Morgan fingerprint density at radius 2 is 2.10 bits per heavy atom. The van der Waals surface area contributed by atoms with Gasteiger partial charge < -0.3 is 26.4 Å². The number of carbonyl (C=O) groups is 3. The minimum absolute atomic E-state index is 0.00535. The van der Waals surface area contributed by atoms with Crippen molar-refractivity contribution in [1.82, 2.24) is 15.5 Å². The summed E-state index contributed by atoms with van der Waals surface area (Å²) in [6, 6.07) is -1.89. The minimum Gasteiger partial charge on any atom is -0.480 e. The predicted molar refractivity (Wildman–Crippen MR) is 72.0 cm³/mol. The van der Waals surface area contributed by atoms with Crippen LogP contribution in [0.4, 0.5) is 4.79 Å². The number of piperidine rings is 1. The summed E-state index contributed by atoms with van der Waals surface area (Å²) < 4.78 is 0. The Morgan fingerprint density at radius 1 is 1.45 bits per heavy atom. The van der Waals surface area contributed by atoms with Crippen LogP contribution in [-0.2, 0) is 9.59 Å². The molecular formula is C12H22N4O4. The Bertz CT molecular complexity index is 388. The highest BCUT2D eigenvalue weighted by atomic mass is 16.4. The number of hydrogen-bond acceptors (Lipinski definition) is 4. The fourth-order valence-electron chi connectivity index (χ4n) is 2.34. The summed E-state index contributed by atoms with van der Waals surface area (Å²) in [4.78, 5) is 35.6. The molecule has 0 aliphatic carbocycles. The van der Waals surface area contributed by atoms with E-state index in [0.717, 1.165) is 19.5 Å². The third-order valence-corrected chi connectivity index (χ3v) is 3.43. The summed E-state index contributed by atoms with van der Waals surface area (Å²) in [5.74, 6) is -1.78. The van der Waals surface area contributed by atoms with Gasteiger partial charge in [0.2, 0.25) is 5.91 Å². The number of nitrogens with one attached hydrogen (secondary N) is 2. The molecule has 8 nitrogen and oxygen atoms in total. The van der Waals surface area contributed by atoms with Crippen LogP contribution < -0.4 is 16.4 Å². The van der Waals surface area contributed by atoms with Crippen LogP contribution in [0.25, 0.3) is 0 Å². The molecule has 3 amide bonds. The van der Waals surface area contributed by atoms with Crippen LogP contribution in [0.1, 0.15) is 19.8 Å². The summed E-state index contributed by atoms with van der Waals surface area (Å²) in [6.45, 7) is 3.77. The number of carboxylic acids is 1. The van der Waals surface area contributed by atoms with Crippen molar-refractivity contribution >= 4 is 17.9 Å². The SMILES string of the molecule is CC1CN(C)CCC1NC(=O)N[C@H](CC(N)=O)C(=O)O. The lowest BCUT2D eigenvalue weighted by atomic mass is 9.94. The predicted octanol–water partition coefficient (Wildman–Crippen LogP) is -1.05. The van der Waals surface area contributed by atoms with Crippen LogP contribution in [0, 0.1) is 5.92 Å². The van der Waals surface area contributed by atoms with Crippen LogP contribution in [0.5, 0.6) is 0 Å². The number of carbonyl (C=O) groups excluding carboxylic acids is 2. The first kappa shape index (κ1) is 16.2. The molecule has 0 bridgehead atoms. The van der Waals surface area contributed by atoms with Crippen LogP contribution >= 0.6 is 0 Å². The van der Waals surface area contributed by atoms with Gasteiger partial charge in [-0.3, -0.25) is 4.79 Å². The van der Waals surface area contributed by atoms with Crippen molar-refractivity contribution in [3.05, 3.63) is 0 Å². The molecule has 0 aromatic heterocycles. The van der Waals surface area contributed by atoms with Crippen molar-refractivity contribution in [2.75, 3.05) is 20.1 Å². The van der Waals surface area contributed by atoms with Crippen LogP contribution in [-0.4, -0.2) is 60.1 Å². The van der Waals surface area contributed by atoms with Gasteiger partial charge in [0.05, 0.1) is 6.42 Å². The summed E-state index contributed by atoms with van der Waals surface area (Å²) >= 11 is 0. The topological polar surface area (TPSA) is 125 Å². The molecule has 5 N–H and O–H groups in total. The largest absolute Gasteiger partial charge is 0.480 e. The van der Waals surface area contributed by atoms with E-state index < -0.39 is 30.4 Å². The average molecular weight is 286 g/mol. The maximum atomic E-state index is 11.8. The number of rotatable bonds is 5. The fraction of sp³-hybridized carbons (Fsp3) is 0.750. The van der Waals surface area contributed by atoms with Crippen molar-refractivity contribution < 1.29 is 19.5 Å². The lowest BCUT2D eigenvalue weighted by Gasteiger charge is -2.35. The Balaban J connectivity index is 2.49. The van der Waals surface area contributed by atoms with Gasteiger partial charge in [0, 0.05) is 12.6 Å². The summed E-state index contributed by atoms with van der Waals surface area (Å²) in [5, 5.41) is 13.9. The highest BCUT2D eigenvalue weighted by Gasteiger charge is 2.27. The lowest BCUT2D eigenvalue weighted by Crippen LogP contribution is -2.54. The lowest BCUT2D eigenvalue weighted by molar-refractivity contribution is -0.140. The van der Waals surface area contributed by atoms with Crippen molar-refractivity contribution in [1.29, 1.82) is 0 Å². The minimum atomic E-state index is -1.30. The highest BCUT2D eigenvalue weighted by molar-refractivity contribution is 5.87. The van der Waals surface area contributed by atoms with Gasteiger partial charge in [-0.25, -0.2) is 9.59 Å². The molecule has 1 aliphatic heterocycles. The first-order valence-electron chi connectivity index (χ1n) is 6.56. The van der Waals surface area contributed by atoms with E-state index in [1.54, 1.807) is 0 Å². The van der Waals surface area contributed by atoms with E-state index in [0.29, 0.717) is 0 Å². The third kappa shape index (κ3) is 5.04. The Morgan fingerprint density at radius 3 is 2.60 bits per heavy atom. The Kier molecular flexibility index (Phi) is 5.75. The second kappa shape index (κ2) is 7.09. The summed E-state index contributed by atoms with van der Waals surface area (Å²) in [7, 11) is 2.01. The number of urea groups is 1. The molecule has 0 saturated carbocycles. The molecule has 0 radical (unpaired) electrons. The van der Waals surface area contributed by atoms with Gasteiger partial charge in [-0.2, -0.15) is 0 Å². The molecule has 1 aliphatic rings. The summed E-state index contributed by atoms with van der Waals surface area (Å²) in [5.41, 5.74) is 4.95. The van der Waals surface area contributed by atoms with Crippen molar-refractivity contribution in [2.45, 2.75) is 31.8 Å². The molecule has 0 aromatic carbocycles. The number of aliphatic carboxylic acids is 1. The number of nitrogens with two attached hydrogens (primary N) is 1. The molecule has 3 atom stereocenters. The molecule has 0 spiro atoms. The van der Waals surface area contributed by atoms with Gasteiger partial charge >= 0.3 is 12.0 Å². The van der Waals surface area contributed by atoms with Gasteiger partial charge in [0.1, 0.15) is 6.04 Å². The van der Waals surface area contributed by atoms with Crippen molar-refractivity contribution in [3.63, 3.8) is 0 Å². The van der Waals surface area contributed by atoms with Gasteiger partial charge in [0.25, 0.3) is 0 Å². The molecule has 1 heterocycles. The highest BCUT2D eigenvalue weighted by Crippen LogP contribution is 2.15. The number of amides is 3. The number of hydrogen-bond donors (Lipinski definition) is 4. The smallest absolute Gasteiger partial charge is 0.326 e. The van der Waals surface area contributed by atoms with Crippen LogP contribution in [0.2, 0.25) is 0 Å². The van der Waals surface area contributed by atoms with Gasteiger partial charge in [-0.05, 0) is 25.9 Å². The normalized spacial score (nSPS) is 24.7. The summed E-state index contributed by atoms with van der Waals surface area (Å²) in [6.07, 6.45) is 0.379. The second-order valence-corrected chi connectivity index (χ2v) is 5.31. The zero-order chi connectivity index (χ0) is 15.3. The first-order valence-corrected chi connectivity index (χ1v) is 6.56.